The number of aromatic nitrogens is 1. The summed E-state index contributed by atoms with van der Waals surface area (Å²) >= 11 is 1.45. The second kappa shape index (κ2) is 7.51. The van der Waals surface area contributed by atoms with Crippen LogP contribution in [0.1, 0.15) is 31.3 Å². The number of carbonyl (C=O) groups excluding carboxylic acids is 2. The molecule has 0 unspecified atom stereocenters. The molecular weight excluding hydrogens is 288 g/mol. The Kier molecular flexibility index (Phi) is 6.29. The number of hydrogen-bond donors (Lipinski definition) is 2. The molecule has 0 spiro atoms. The summed E-state index contributed by atoms with van der Waals surface area (Å²) in [5.41, 5.74) is 0.924. The Balaban J connectivity index is 2.55. The quantitative estimate of drug-likeness (QED) is 0.835. The van der Waals surface area contributed by atoms with Crippen molar-refractivity contribution in [3.8, 4) is 0 Å². The van der Waals surface area contributed by atoms with Crippen LogP contribution in [0.2, 0.25) is 0 Å². The molecule has 1 atom stereocenters. The van der Waals surface area contributed by atoms with Gasteiger partial charge in [0.15, 0.2) is 5.13 Å². The molecule has 0 radical (unpaired) electrons. The molecule has 1 rings (SSSR count). The number of nitrogens with zero attached hydrogens (tertiary/aromatic N) is 2. The Bertz CT molecular complexity index is 494. The molecule has 7 heteroatoms. The fourth-order valence-electron chi connectivity index (χ4n) is 1.67. The van der Waals surface area contributed by atoms with Gasteiger partial charge in [0.1, 0.15) is 0 Å². The van der Waals surface area contributed by atoms with E-state index in [-0.39, 0.29) is 24.4 Å². The van der Waals surface area contributed by atoms with Gasteiger partial charge in [0, 0.05) is 10.9 Å². The highest BCUT2D eigenvalue weighted by molar-refractivity contribution is 7.15. The normalized spacial score (nSPS) is 12.6. The van der Waals surface area contributed by atoms with Gasteiger partial charge in [0.05, 0.1) is 18.3 Å². The second-order valence-corrected chi connectivity index (χ2v) is 6.67. The van der Waals surface area contributed by atoms with Gasteiger partial charge in [-0.2, -0.15) is 0 Å². The Labute approximate surface area is 129 Å². The van der Waals surface area contributed by atoms with E-state index >= 15 is 0 Å². The Morgan fingerprint density at radius 3 is 2.38 bits per heavy atom. The van der Waals surface area contributed by atoms with Crippen molar-refractivity contribution in [2.75, 3.05) is 18.9 Å². The van der Waals surface area contributed by atoms with Gasteiger partial charge in [-0.15, -0.1) is 11.3 Å². The predicted octanol–water partition coefficient (Wildman–Crippen LogP) is 1.54. The standard InChI is InChI=1S/C14H24N4O2S/c1-8(2)15-12(19)7-18(6)10(4)13(20)17-14-16-9(3)11(5)21-14/h8,10H,7H2,1-6H3,(H,15,19)(H,16,17,20)/t10-/m1/s1. The molecule has 0 aromatic carbocycles. The second-order valence-electron chi connectivity index (χ2n) is 5.46. The molecule has 1 heterocycles. The fourth-order valence-corrected chi connectivity index (χ4v) is 2.48. The first-order valence-electron chi connectivity index (χ1n) is 6.95. The maximum absolute atomic E-state index is 12.2. The number of nitrogens with one attached hydrogen (secondary N) is 2. The van der Waals surface area contributed by atoms with Gasteiger partial charge in [-0.05, 0) is 41.7 Å². The topological polar surface area (TPSA) is 74.3 Å². The summed E-state index contributed by atoms with van der Waals surface area (Å²) in [7, 11) is 1.75. The van der Waals surface area contributed by atoms with E-state index in [4.69, 9.17) is 0 Å². The minimum Gasteiger partial charge on any atom is -0.353 e. The van der Waals surface area contributed by atoms with Crippen LogP contribution in [0.3, 0.4) is 0 Å². The molecule has 2 N–H and O–H groups in total. The first-order chi connectivity index (χ1) is 9.70. The van der Waals surface area contributed by atoms with Crippen molar-refractivity contribution in [3.05, 3.63) is 10.6 Å². The van der Waals surface area contributed by atoms with Crippen LogP contribution in [-0.4, -0.2) is 47.4 Å². The first kappa shape index (κ1) is 17.6. The van der Waals surface area contributed by atoms with Crippen LogP contribution in [0.25, 0.3) is 0 Å². The van der Waals surface area contributed by atoms with E-state index in [0.29, 0.717) is 5.13 Å². The number of carbonyl (C=O) groups is 2. The number of rotatable bonds is 6. The van der Waals surface area contributed by atoms with E-state index < -0.39 is 6.04 Å². The maximum atomic E-state index is 12.2. The first-order valence-corrected chi connectivity index (χ1v) is 7.76. The third-order valence-electron chi connectivity index (χ3n) is 3.14. The van der Waals surface area contributed by atoms with Crippen LogP contribution < -0.4 is 10.6 Å². The Morgan fingerprint density at radius 2 is 1.90 bits per heavy atom. The van der Waals surface area contributed by atoms with Crippen molar-refractivity contribution < 1.29 is 9.59 Å². The van der Waals surface area contributed by atoms with Crippen LogP contribution in [0, 0.1) is 13.8 Å². The predicted molar refractivity (Wildman–Crippen MR) is 85.6 cm³/mol. The van der Waals surface area contributed by atoms with Crippen LogP contribution in [0.5, 0.6) is 0 Å². The largest absolute Gasteiger partial charge is 0.353 e. The smallest absolute Gasteiger partial charge is 0.243 e. The van der Waals surface area contributed by atoms with E-state index in [2.05, 4.69) is 15.6 Å². The summed E-state index contributed by atoms with van der Waals surface area (Å²) < 4.78 is 0. The van der Waals surface area contributed by atoms with E-state index in [1.54, 1.807) is 18.9 Å². The summed E-state index contributed by atoms with van der Waals surface area (Å²) in [6, 6.07) is -0.316. The highest BCUT2D eigenvalue weighted by Gasteiger charge is 2.21. The molecule has 0 fully saturated rings. The van der Waals surface area contributed by atoms with Crippen molar-refractivity contribution in [1.29, 1.82) is 0 Å². The minimum atomic E-state index is -0.410. The molecule has 0 aliphatic rings. The zero-order chi connectivity index (χ0) is 16.2. The number of amides is 2. The summed E-state index contributed by atoms with van der Waals surface area (Å²) in [5, 5.41) is 6.20. The zero-order valence-corrected chi connectivity index (χ0v) is 14.3. The van der Waals surface area contributed by atoms with E-state index in [1.165, 1.54) is 11.3 Å². The fraction of sp³-hybridized carbons (Fsp3) is 0.643. The van der Waals surface area contributed by atoms with Gasteiger partial charge in [0.25, 0.3) is 0 Å². The summed E-state index contributed by atoms with van der Waals surface area (Å²) in [4.78, 5) is 30.9. The monoisotopic (exact) mass is 312 g/mol. The molecule has 0 saturated heterocycles. The summed E-state index contributed by atoms with van der Waals surface area (Å²) in [5.74, 6) is -0.253. The molecule has 2 amide bonds. The van der Waals surface area contributed by atoms with Crippen LogP contribution >= 0.6 is 11.3 Å². The molecule has 21 heavy (non-hydrogen) atoms. The van der Waals surface area contributed by atoms with Crippen LogP contribution in [0.4, 0.5) is 5.13 Å². The minimum absolute atomic E-state index is 0.0897. The molecular formula is C14H24N4O2S. The highest BCUT2D eigenvalue weighted by Crippen LogP contribution is 2.21. The average Bonchev–Trinajstić information content (AvgIpc) is 2.65. The van der Waals surface area contributed by atoms with Gasteiger partial charge >= 0.3 is 0 Å². The van der Waals surface area contributed by atoms with E-state index in [1.807, 2.05) is 27.7 Å². The molecule has 0 aliphatic carbocycles. The molecule has 1 aromatic rings. The maximum Gasteiger partial charge on any atom is 0.243 e. The van der Waals surface area contributed by atoms with Gasteiger partial charge in [-0.1, -0.05) is 0 Å². The number of likely N-dealkylation sites (N-methyl/N-ethyl adjacent to an activating group) is 1. The average molecular weight is 312 g/mol. The van der Waals surface area contributed by atoms with Crippen molar-refractivity contribution in [2.24, 2.45) is 0 Å². The lowest BCUT2D eigenvalue weighted by Crippen LogP contribution is -2.45. The van der Waals surface area contributed by atoms with E-state index in [9.17, 15) is 9.59 Å². The highest BCUT2D eigenvalue weighted by atomic mass is 32.1. The molecule has 0 aliphatic heterocycles. The SMILES string of the molecule is Cc1nc(NC(=O)[C@@H](C)N(C)CC(=O)NC(C)C)sc1C. The van der Waals surface area contributed by atoms with Gasteiger partial charge in [-0.25, -0.2) is 4.98 Å². The third-order valence-corrected chi connectivity index (χ3v) is 4.13. The zero-order valence-electron chi connectivity index (χ0n) is 13.5. The Hall–Kier alpha value is -1.47. The summed E-state index contributed by atoms with van der Waals surface area (Å²) in [6.45, 7) is 9.64. The molecule has 1 aromatic heterocycles. The van der Waals surface area contributed by atoms with Crippen molar-refractivity contribution in [2.45, 2.75) is 46.7 Å². The number of hydrogen-bond acceptors (Lipinski definition) is 5. The lowest BCUT2D eigenvalue weighted by molar-refractivity contribution is -0.125. The lowest BCUT2D eigenvalue weighted by Gasteiger charge is -2.23. The van der Waals surface area contributed by atoms with Crippen LogP contribution in [0.15, 0.2) is 0 Å². The van der Waals surface area contributed by atoms with E-state index in [0.717, 1.165) is 10.6 Å². The van der Waals surface area contributed by atoms with Gasteiger partial charge < -0.3 is 10.6 Å². The molecule has 6 nitrogen and oxygen atoms in total. The molecule has 0 bridgehead atoms. The van der Waals surface area contributed by atoms with Gasteiger partial charge in [0.2, 0.25) is 11.8 Å². The van der Waals surface area contributed by atoms with Crippen molar-refractivity contribution >= 4 is 28.3 Å². The number of anilines is 1. The van der Waals surface area contributed by atoms with Crippen LogP contribution in [-0.2, 0) is 9.59 Å². The Morgan fingerprint density at radius 1 is 1.29 bits per heavy atom. The summed E-state index contributed by atoms with van der Waals surface area (Å²) in [6.07, 6.45) is 0. The van der Waals surface area contributed by atoms with Crippen molar-refractivity contribution in [1.82, 2.24) is 15.2 Å². The third kappa shape index (κ3) is 5.43. The van der Waals surface area contributed by atoms with Gasteiger partial charge in [-0.3, -0.25) is 14.5 Å². The van der Waals surface area contributed by atoms with Crippen molar-refractivity contribution in [3.63, 3.8) is 0 Å². The number of aryl methyl sites for hydroxylation is 2. The number of thiazole rings is 1. The molecule has 118 valence electrons. The lowest BCUT2D eigenvalue weighted by atomic mass is 10.2. The molecule has 0 saturated carbocycles.